The van der Waals surface area contributed by atoms with Crippen LogP contribution in [-0.4, -0.2) is 49.6 Å². The van der Waals surface area contributed by atoms with Crippen molar-refractivity contribution in [3.05, 3.63) is 45.8 Å². The standard InChI is InChI=1S/C18H20N2O5/c1-11-3-4-13-14(21)9-16(25-15(13)7-11)18(23)19-12-8-17(22)20(10-12)5-6-24-2/h3-4,7,9,12H,5-6,8,10H2,1-2H3,(H,19,23)/t12-/m1/s1. The number of methoxy groups -OCH3 is 1. The smallest absolute Gasteiger partial charge is 0.287 e. The van der Waals surface area contributed by atoms with Crippen molar-refractivity contribution >= 4 is 22.8 Å². The molecule has 1 N–H and O–H groups in total. The molecule has 0 spiro atoms. The zero-order chi connectivity index (χ0) is 18.0. The molecule has 0 radical (unpaired) electrons. The van der Waals surface area contributed by atoms with Gasteiger partial charge in [-0.3, -0.25) is 14.4 Å². The minimum atomic E-state index is -0.494. The molecule has 0 bridgehead atoms. The van der Waals surface area contributed by atoms with E-state index >= 15 is 0 Å². The molecule has 132 valence electrons. The summed E-state index contributed by atoms with van der Waals surface area (Å²) < 4.78 is 10.6. The number of carbonyl (C=O) groups is 2. The van der Waals surface area contributed by atoms with Crippen LogP contribution in [0.1, 0.15) is 22.5 Å². The highest BCUT2D eigenvalue weighted by Crippen LogP contribution is 2.16. The molecule has 7 nitrogen and oxygen atoms in total. The van der Waals surface area contributed by atoms with Gasteiger partial charge in [0.15, 0.2) is 11.2 Å². The first-order chi connectivity index (χ1) is 12.0. The van der Waals surface area contributed by atoms with Crippen molar-refractivity contribution in [3.8, 4) is 0 Å². The molecule has 1 saturated heterocycles. The molecule has 1 aliphatic rings. The zero-order valence-corrected chi connectivity index (χ0v) is 14.2. The maximum atomic E-state index is 12.4. The molecule has 0 unspecified atom stereocenters. The number of nitrogens with one attached hydrogen (secondary N) is 1. The first-order valence-electron chi connectivity index (χ1n) is 8.10. The first-order valence-corrected chi connectivity index (χ1v) is 8.10. The lowest BCUT2D eigenvalue weighted by molar-refractivity contribution is -0.128. The van der Waals surface area contributed by atoms with Gasteiger partial charge in [-0.05, 0) is 24.6 Å². The predicted molar refractivity (Wildman–Crippen MR) is 91.5 cm³/mol. The van der Waals surface area contributed by atoms with Crippen LogP contribution in [0.2, 0.25) is 0 Å². The molecule has 2 amide bonds. The number of hydrogen-bond donors (Lipinski definition) is 1. The number of rotatable bonds is 5. The maximum Gasteiger partial charge on any atom is 0.287 e. The Kier molecular flexibility index (Phi) is 4.85. The summed E-state index contributed by atoms with van der Waals surface area (Å²) in [4.78, 5) is 38.1. The van der Waals surface area contributed by atoms with E-state index in [9.17, 15) is 14.4 Å². The van der Waals surface area contributed by atoms with E-state index in [4.69, 9.17) is 9.15 Å². The van der Waals surface area contributed by atoms with Gasteiger partial charge in [-0.2, -0.15) is 0 Å². The Hall–Kier alpha value is -2.67. The minimum Gasteiger partial charge on any atom is -0.451 e. The average molecular weight is 344 g/mol. The molecule has 25 heavy (non-hydrogen) atoms. The summed E-state index contributed by atoms with van der Waals surface area (Å²) in [6, 6.07) is 6.10. The van der Waals surface area contributed by atoms with Crippen molar-refractivity contribution in [2.45, 2.75) is 19.4 Å². The number of carbonyl (C=O) groups excluding carboxylic acids is 2. The average Bonchev–Trinajstić information content (AvgIpc) is 2.91. The van der Waals surface area contributed by atoms with Gasteiger partial charge in [-0.1, -0.05) is 6.07 Å². The fourth-order valence-electron chi connectivity index (χ4n) is 2.92. The lowest BCUT2D eigenvalue weighted by Gasteiger charge is -2.16. The van der Waals surface area contributed by atoms with Crippen LogP contribution in [0.3, 0.4) is 0 Å². The quantitative estimate of drug-likeness (QED) is 0.877. The van der Waals surface area contributed by atoms with Gasteiger partial charge in [0.2, 0.25) is 5.91 Å². The number of hydrogen-bond acceptors (Lipinski definition) is 5. The lowest BCUT2D eigenvalue weighted by Crippen LogP contribution is -2.38. The third kappa shape index (κ3) is 3.71. The summed E-state index contributed by atoms with van der Waals surface area (Å²) in [6.45, 7) is 3.24. The van der Waals surface area contributed by atoms with Crippen molar-refractivity contribution in [3.63, 3.8) is 0 Å². The Morgan fingerprint density at radius 2 is 2.16 bits per heavy atom. The summed E-state index contributed by atoms with van der Waals surface area (Å²) >= 11 is 0. The summed E-state index contributed by atoms with van der Waals surface area (Å²) in [7, 11) is 1.57. The number of aryl methyl sites for hydroxylation is 1. The van der Waals surface area contributed by atoms with Crippen LogP contribution in [0, 0.1) is 6.92 Å². The van der Waals surface area contributed by atoms with Gasteiger partial charge >= 0.3 is 0 Å². The van der Waals surface area contributed by atoms with E-state index in [0.717, 1.165) is 5.56 Å². The van der Waals surface area contributed by atoms with Gasteiger partial charge in [0.1, 0.15) is 5.58 Å². The Labute approximate surface area is 144 Å². The number of nitrogens with zero attached hydrogens (tertiary/aromatic N) is 1. The van der Waals surface area contributed by atoms with Crippen LogP contribution in [0.25, 0.3) is 11.0 Å². The largest absolute Gasteiger partial charge is 0.451 e. The van der Waals surface area contributed by atoms with E-state index in [1.807, 2.05) is 13.0 Å². The molecular weight excluding hydrogens is 324 g/mol. The minimum absolute atomic E-state index is 0.0297. The zero-order valence-electron chi connectivity index (χ0n) is 14.2. The van der Waals surface area contributed by atoms with Crippen LogP contribution in [0.15, 0.2) is 33.5 Å². The maximum absolute atomic E-state index is 12.4. The summed E-state index contributed by atoms with van der Waals surface area (Å²) in [5.74, 6) is -0.573. The Morgan fingerprint density at radius 1 is 1.36 bits per heavy atom. The van der Waals surface area contributed by atoms with Crippen LogP contribution >= 0.6 is 0 Å². The second kappa shape index (κ2) is 7.06. The van der Waals surface area contributed by atoms with Crippen molar-refractivity contribution in [1.82, 2.24) is 10.2 Å². The Bertz CT molecular complexity index is 873. The van der Waals surface area contributed by atoms with E-state index in [0.29, 0.717) is 30.7 Å². The monoisotopic (exact) mass is 344 g/mol. The fourth-order valence-corrected chi connectivity index (χ4v) is 2.92. The highest BCUT2D eigenvalue weighted by molar-refractivity contribution is 5.94. The van der Waals surface area contributed by atoms with Gasteiger partial charge in [0.25, 0.3) is 5.91 Å². The molecule has 3 rings (SSSR count). The number of likely N-dealkylation sites (tertiary alicyclic amines) is 1. The van der Waals surface area contributed by atoms with Crippen LogP contribution in [0.4, 0.5) is 0 Å². The second-order valence-corrected chi connectivity index (χ2v) is 6.18. The Morgan fingerprint density at radius 3 is 2.92 bits per heavy atom. The van der Waals surface area contributed by atoms with Crippen LogP contribution in [-0.2, 0) is 9.53 Å². The molecule has 7 heteroatoms. The van der Waals surface area contributed by atoms with Gasteiger partial charge in [0, 0.05) is 32.7 Å². The van der Waals surface area contributed by atoms with Crippen molar-refractivity contribution in [2.75, 3.05) is 26.8 Å². The topological polar surface area (TPSA) is 88.8 Å². The molecule has 2 heterocycles. The molecule has 0 saturated carbocycles. The third-order valence-electron chi connectivity index (χ3n) is 4.22. The van der Waals surface area contributed by atoms with E-state index in [1.165, 1.54) is 6.07 Å². The van der Waals surface area contributed by atoms with Crippen molar-refractivity contribution in [2.24, 2.45) is 0 Å². The molecule has 0 aliphatic carbocycles. The lowest BCUT2D eigenvalue weighted by atomic mass is 10.1. The summed E-state index contributed by atoms with van der Waals surface area (Å²) in [5, 5.41) is 3.20. The van der Waals surface area contributed by atoms with Gasteiger partial charge < -0.3 is 19.4 Å². The van der Waals surface area contributed by atoms with Gasteiger partial charge in [0.05, 0.1) is 18.0 Å². The number of amides is 2. The molecule has 1 atom stereocenters. The first kappa shape index (κ1) is 17.2. The predicted octanol–water partition coefficient (Wildman–Crippen LogP) is 1.08. The SMILES string of the molecule is COCCN1C[C@H](NC(=O)c2cc(=O)c3ccc(C)cc3o2)CC1=O. The number of benzene rings is 1. The summed E-state index contributed by atoms with van der Waals surface area (Å²) in [5.41, 5.74) is 1.04. The number of ether oxygens (including phenoxy) is 1. The summed E-state index contributed by atoms with van der Waals surface area (Å²) in [6.07, 6.45) is 0.229. The third-order valence-corrected chi connectivity index (χ3v) is 4.22. The molecular formula is C18H20N2O5. The Balaban J connectivity index is 1.75. The van der Waals surface area contributed by atoms with Crippen molar-refractivity contribution < 1.29 is 18.7 Å². The second-order valence-electron chi connectivity index (χ2n) is 6.18. The highest BCUT2D eigenvalue weighted by Gasteiger charge is 2.30. The van der Waals surface area contributed by atoms with Gasteiger partial charge in [-0.15, -0.1) is 0 Å². The normalized spacial score (nSPS) is 17.3. The fraction of sp³-hybridized carbons (Fsp3) is 0.389. The van der Waals surface area contributed by atoms with Crippen molar-refractivity contribution in [1.29, 1.82) is 0 Å². The van der Waals surface area contributed by atoms with E-state index in [-0.39, 0.29) is 29.6 Å². The van der Waals surface area contributed by atoms with E-state index in [1.54, 1.807) is 24.1 Å². The van der Waals surface area contributed by atoms with Gasteiger partial charge in [-0.25, -0.2) is 0 Å². The number of fused-ring (bicyclic) bond motifs is 1. The molecule has 1 aliphatic heterocycles. The van der Waals surface area contributed by atoms with E-state index < -0.39 is 5.91 Å². The molecule has 2 aromatic rings. The van der Waals surface area contributed by atoms with Crippen LogP contribution in [0.5, 0.6) is 0 Å². The molecule has 1 fully saturated rings. The molecule has 1 aromatic carbocycles. The molecule has 1 aromatic heterocycles. The highest BCUT2D eigenvalue weighted by atomic mass is 16.5. The van der Waals surface area contributed by atoms with Crippen LogP contribution < -0.4 is 10.7 Å². The van der Waals surface area contributed by atoms with E-state index in [2.05, 4.69) is 5.32 Å².